The number of halogens is 4. The fourth-order valence-electron chi connectivity index (χ4n) is 3.88. The van der Waals surface area contributed by atoms with E-state index in [1.165, 1.54) is 31.3 Å². The van der Waals surface area contributed by atoms with Crippen LogP contribution in [0.25, 0.3) is 10.9 Å². The topological polar surface area (TPSA) is 42.0 Å². The molecule has 3 rings (SSSR count). The smallest absolute Gasteiger partial charge is 0.346 e. The Kier molecular flexibility index (Phi) is 5.72. The number of alkyl halides is 3. The fourth-order valence-corrected chi connectivity index (χ4v) is 3.88. The van der Waals surface area contributed by atoms with Crippen molar-refractivity contribution in [3.63, 3.8) is 0 Å². The average molecular weight is 394 g/mol. The Hall–Kier alpha value is -2.44. The number of hydrogen-bond donors (Lipinski definition) is 1. The number of allylic oxidation sites excluding steroid dienone is 2. The summed E-state index contributed by atoms with van der Waals surface area (Å²) in [5.41, 5.74) is -1.21. The number of carbonyl (C=O) groups excluding carboxylic acids is 1. The molecule has 1 aliphatic carbocycles. The molecule has 150 valence electrons. The predicted molar refractivity (Wildman–Crippen MR) is 99.3 cm³/mol. The molecule has 3 nitrogen and oxygen atoms in total. The Bertz CT molecular complexity index is 894. The van der Waals surface area contributed by atoms with Crippen LogP contribution in [-0.4, -0.2) is 22.6 Å². The second-order valence-electron chi connectivity index (χ2n) is 7.70. The lowest BCUT2D eigenvalue weighted by molar-refractivity contribution is -0.149. The predicted octanol–water partition coefficient (Wildman–Crippen LogP) is 5.56. The molecule has 1 amide bonds. The number of aromatic nitrogens is 1. The van der Waals surface area contributed by atoms with E-state index in [4.69, 9.17) is 0 Å². The summed E-state index contributed by atoms with van der Waals surface area (Å²) in [6.45, 7) is 1.44. The normalized spacial score (nSPS) is 19.4. The molecule has 0 saturated heterocycles. The summed E-state index contributed by atoms with van der Waals surface area (Å²) in [6.07, 6.45) is 2.26. The Labute approximate surface area is 160 Å². The van der Waals surface area contributed by atoms with Gasteiger partial charge in [0.15, 0.2) is 0 Å². The van der Waals surface area contributed by atoms with E-state index in [0.717, 1.165) is 12.8 Å². The van der Waals surface area contributed by atoms with Gasteiger partial charge < -0.3 is 5.32 Å². The Balaban J connectivity index is 1.82. The molecule has 0 radical (unpaired) electrons. The van der Waals surface area contributed by atoms with Gasteiger partial charge in [-0.2, -0.15) is 13.2 Å². The molecule has 0 saturated carbocycles. The molecule has 2 unspecified atom stereocenters. The highest BCUT2D eigenvalue weighted by atomic mass is 19.4. The second-order valence-corrected chi connectivity index (χ2v) is 7.70. The highest BCUT2D eigenvalue weighted by molar-refractivity contribution is 5.97. The van der Waals surface area contributed by atoms with Gasteiger partial charge in [-0.15, -0.1) is 0 Å². The molecule has 28 heavy (non-hydrogen) atoms. The maximum absolute atomic E-state index is 13.7. The van der Waals surface area contributed by atoms with Gasteiger partial charge in [0.2, 0.25) is 0 Å². The molecule has 2 aromatic rings. The number of rotatable bonds is 5. The van der Waals surface area contributed by atoms with Crippen molar-refractivity contribution in [2.24, 2.45) is 5.92 Å². The zero-order valence-electron chi connectivity index (χ0n) is 15.5. The Morgan fingerprint density at radius 3 is 2.75 bits per heavy atom. The van der Waals surface area contributed by atoms with Crippen molar-refractivity contribution in [3.05, 3.63) is 54.0 Å². The molecule has 0 bridgehead atoms. The number of pyridine rings is 1. The van der Waals surface area contributed by atoms with Crippen LogP contribution < -0.4 is 5.32 Å². The van der Waals surface area contributed by atoms with Gasteiger partial charge in [-0.1, -0.05) is 24.3 Å². The number of carbonyl (C=O) groups is 1. The summed E-state index contributed by atoms with van der Waals surface area (Å²) in [4.78, 5) is 16.6. The minimum atomic E-state index is -4.41. The van der Waals surface area contributed by atoms with Crippen LogP contribution in [0, 0.1) is 11.7 Å². The van der Waals surface area contributed by atoms with Crippen molar-refractivity contribution in [2.45, 2.75) is 50.7 Å². The van der Waals surface area contributed by atoms with Crippen LogP contribution in [0.1, 0.15) is 49.4 Å². The van der Waals surface area contributed by atoms with Gasteiger partial charge >= 0.3 is 6.18 Å². The summed E-state index contributed by atoms with van der Waals surface area (Å²) in [7, 11) is 0. The first kappa shape index (κ1) is 20.3. The van der Waals surface area contributed by atoms with Crippen LogP contribution in [0.3, 0.4) is 0 Å². The van der Waals surface area contributed by atoms with Crippen molar-refractivity contribution in [1.82, 2.24) is 10.3 Å². The quantitative estimate of drug-likeness (QED) is 0.533. The van der Waals surface area contributed by atoms with Crippen molar-refractivity contribution in [3.8, 4) is 0 Å². The Morgan fingerprint density at radius 2 is 2.07 bits per heavy atom. The van der Waals surface area contributed by atoms with Gasteiger partial charge in [0.1, 0.15) is 11.3 Å². The molecule has 0 aliphatic heterocycles. The molecule has 1 heterocycles. The lowest BCUT2D eigenvalue weighted by atomic mass is 9.80. The fraction of sp³-hybridized carbons (Fsp3) is 0.429. The molecule has 1 N–H and O–H groups in total. The van der Waals surface area contributed by atoms with E-state index in [-0.39, 0.29) is 23.4 Å². The first-order valence-electron chi connectivity index (χ1n) is 9.24. The summed E-state index contributed by atoms with van der Waals surface area (Å²) in [5, 5.41) is 3.00. The first-order valence-corrected chi connectivity index (χ1v) is 9.24. The molecule has 0 spiro atoms. The number of nitrogens with zero attached hydrogens (tertiary/aromatic N) is 1. The molecule has 1 aromatic carbocycles. The van der Waals surface area contributed by atoms with Crippen LogP contribution >= 0.6 is 0 Å². The number of amides is 1. The van der Waals surface area contributed by atoms with E-state index in [2.05, 4.69) is 10.3 Å². The van der Waals surface area contributed by atoms with Gasteiger partial charge in [0, 0.05) is 17.1 Å². The SMILES string of the molecule is CC(CC1CC=CCC1)(CC(F)(F)F)NC(=O)c1cnc2c(F)cccc2c1. The molecular formula is C21H22F4N2O. The first-order chi connectivity index (χ1) is 13.2. The van der Waals surface area contributed by atoms with Crippen LogP contribution in [0.15, 0.2) is 42.6 Å². The molecular weight excluding hydrogens is 372 g/mol. The van der Waals surface area contributed by atoms with Crippen molar-refractivity contribution in [2.75, 3.05) is 0 Å². The number of benzene rings is 1. The maximum atomic E-state index is 13.7. The van der Waals surface area contributed by atoms with Gasteiger partial charge in [0.05, 0.1) is 12.0 Å². The molecule has 1 aliphatic rings. The minimum Gasteiger partial charge on any atom is -0.346 e. The van der Waals surface area contributed by atoms with Gasteiger partial charge in [-0.3, -0.25) is 9.78 Å². The van der Waals surface area contributed by atoms with Crippen molar-refractivity contribution < 1.29 is 22.4 Å². The van der Waals surface area contributed by atoms with E-state index in [9.17, 15) is 22.4 Å². The lowest BCUT2D eigenvalue weighted by Gasteiger charge is -2.35. The van der Waals surface area contributed by atoms with Gasteiger partial charge in [-0.05, 0) is 50.7 Å². The Morgan fingerprint density at radius 1 is 1.29 bits per heavy atom. The molecule has 0 fully saturated rings. The largest absolute Gasteiger partial charge is 0.391 e. The van der Waals surface area contributed by atoms with E-state index in [0.29, 0.717) is 11.8 Å². The number of nitrogens with one attached hydrogen (secondary N) is 1. The van der Waals surface area contributed by atoms with Crippen molar-refractivity contribution in [1.29, 1.82) is 0 Å². The highest BCUT2D eigenvalue weighted by Gasteiger charge is 2.41. The van der Waals surface area contributed by atoms with E-state index in [1.807, 2.05) is 12.2 Å². The van der Waals surface area contributed by atoms with Crippen LogP contribution in [0.4, 0.5) is 17.6 Å². The third-order valence-electron chi connectivity index (χ3n) is 5.05. The standard InChI is InChI=1S/C21H22F4N2O/c1-20(13-21(23,24)25,11-14-6-3-2-4-7-14)27-19(28)16-10-15-8-5-9-17(22)18(15)26-12-16/h2-3,5,8-10,12,14H,4,6-7,11,13H2,1H3,(H,27,28). The van der Waals surface area contributed by atoms with E-state index < -0.39 is 29.9 Å². The van der Waals surface area contributed by atoms with E-state index >= 15 is 0 Å². The summed E-state index contributed by atoms with van der Waals surface area (Å²) < 4.78 is 53.3. The minimum absolute atomic E-state index is 0.0847. The van der Waals surface area contributed by atoms with Crippen LogP contribution in [-0.2, 0) is 0 Å². The van der Waals surface area contributed by atoms with Crippen molar-refractivity contribution >= 4 is 16.8 Å². The second kappa shape index (κ2) is 7.89. The third-order valence-corrected chi connectivity index (χ3v) is 5.05. The maximum Gasteiger partial charge on any atom is 0.391 e. The van der Waals surface area contributed by atoms with Crippen LogP contribution in [0.5, 0.6) is 0 Å². The zero-order valence-corrected chi connectivity index (χ0v) is 15.5. The van der Waals surface area contributed by atoms with E-state index in [1.54, 1.807) is 6.07 Å². The monoisotopic (exact) mass is 394 g/mol. The summed E-state index contributed by atoms with van der Waals surface area (Å²) in [6, 6.07) is 5.79. The van der Waals surface area contributed by atoms with Gasteiger partial charge in [-0.25, -0.2) is 4.39 Å². The zero-order chi connectivity index (χ0) is 20.4. The van der Waals surface area contributed by atoms with Crippen LogP contribution in [0.2, 0.25) is 0 Å². The number of hydrogen-bond acceptors (Lipinski definition) is 2. The van der Waals surface area contributed by atoms with Gasteiger partial charge in [0.25, 0.3) is 5.91 Å². The summed E-state index contributed by atoms with van der Waals surface area (Å²) in [5.74, 6) is -1.07. The summed E-state index contributed by atoms with van der Waals surface area (Å²) >= 11 is 0. The molecule has 1 aromatic heterocycles. The highest BCUT2D eigenvalue weighted by Crippen LogP contribution is 2.35. The molecule has 2 atom stereocenters. The lowest BCUT2D eigenvalue weighted by Crippen LogP contribution is -2.50. The number of fused-ring (bicyclic) bond motifs is 1. The third kappa shape index (κ3) is 5.09. The molecule has 7 heteroatoms. The number of para-hydroxylation sites is 1. The average Bonchev–Trinajstić information content (AvgIpc) is 2.60.